The normalized spacial score (nSPS) is 26.8. The zero-order chi connectivity index (χ0) is 17.3. The third-order valence-corrected chi connectivity index (χ3v) is 5.00. The molecule has 2 N–H and O–H groups in total. The third kappa shape index (κ3) is 4.15. The second-order valence-electron chi connectivity index (χ2n) is 6.32. The molecule has 1 aromatic carbocycles. The quantitative estimate of drug-likeness (QED) is 0.805. The van der Waals surface area contributed by atoms with Gasteiger partial charge in [0.2, 0.25) is 0 Å². The summed E-state index contributed by atoms with van der Waals surface area (Å²) in [5, 5.41) is 12.4. The van der Waals surface area contributed by atoms with Gasteiger partial charge in [0.05, 0.1) is 6.10 Å². The molecule has 2 fully saturated rings. The number of likely N-dealkylation sites (tertiary alicyclic amines) is 1. The Morgan fingerprint density at radius 3 is 2.54 bits per heavy atom. The minimum Gasteiger partial charge on any atom is -0.393 e. The summed E-state index contributed by atoms with van der Waals surface area (Å²) in [5.74, 6) is 0.603. The lowest BCUT2D eigenvalue weighted by Crippen LogP contribution is -2.33. The van der Waals surface area contributed by atoms with E-state index in [1.807, 2.05) is 0 Å². The highest BCUT2D eigenvalue weighted by Crippen LogP contribution is 2.36. The predicted molar refractivity (Wildman–Crippen MR) is 84.5 cm³/mol. The zero-order valence-corrected chi connectivity index (χ0v) is 13.7. The van der Waals surface area contributed by atoms with E-state index in [4.69, 9.17) is 0 Å². The smallest absolute Gasteiger partial charge is 0.393 e. The van der Waals surface area contributed by atoms with Crippen LogP contribution in [0.5, 0.6) is 5.75 Å². The first-order chi connectivity index (χ1) is 11.3. The summed E-state index contributed by atoms with van der Waals surface area (Å²) in [6, 6.07) is 5.14. The van der Waals surface area contributed by atoms with E-state index < -0.39 is 10.5 Å². The van der Waals surface area contributed by atoms with E-state index in [2.05, 4.69) is 9.50 Å². The Morgan fingerprint density at radius 1 is 1.21 bits per heavy atom. The van der Waals surface area contributed by atoms with Gasteiger partial charge in [-0.05, 0) is 55.4 Å². The van der Waals surface area contributed by atoms with E-state index in [1.54, 1.807) is 4.90 Å². The third-order valence-electron chi connectivity index (χ3n) is 4.61. The molecule has 0 bridgehead atoms. The van der Waals surface area contributed by atoms with E-state index in [9.17, 15) is 22.2 Å². The molecule has 1 aromatic rings. The van der Waals surface area contributed by atoms with Crippen LogP contribution in [0.1, 0.15) is 19.3 Å². The van der Waals surface area contributed by atoms with Crippen LogP contribution in [0.4, 0.5) is 14.4 Å². The van der Waals surface area contributed by atoms with Crippen molar-refractivity contribution in [1.82, 2.24) is 4.90 Å². The highest BCUT2D eigenvalue weighted by Gasteiger charge is 2.38. The van der Waals surface area contributed by atoms with Crippen molar-refractivity contribution < 1.29 is 26.4 Å². The maximum atomic E-state index is 12.4. The fourth-order valence-corrected chi connectivity index (χ4v) is 3.82. The van der Waals surface area contributed by atoms with Crippen molar-refractivity contribution in [3.05, 3.63) is 24.3 Å². The number of rotatable bonds is 3. The van der Waals surface area contributed by atoms with Gasteiger partial charge in [-0.1, -0.05) is 3.89 Å². The summed E-state index contributed by atoms with van der Waals surface area (Å²) in [6.07, 6.45) is 2.18. The Hall–Kier alpha value is -1.87. The Kier molecular flexibility index (Phi) is 4.64. The molecular formula is C15H19FN2O5S. The molecule has 1 saturated heterocycles. The lowest BCUT2D eigenvalue weighted by Gasteiger charge is -2.27. The predicted octanol–water partition coefficient (Wildman–Crippen LogP) is 1.90. The van der Waals surface area contributed by atoms with E-state index in [0.29, 0.717) is 30.6 Å². The lowest BCUT2D eigenvalue weighted by atomic mass is 9.80. The van der Waals surface area contributed by atoms with Crippen molar-refractivity contribution in [1.29, 1.82) is 0 Å². The topological polar surface area (TPSA) is 95.9 Å². The maximum Gasteiger partial charge on any atom is 0.488 e. The summed E-state index contributed by atoms with van der Waals surface area (Å²) < 4.78 is 37.3. The molecule has 0 spiro atoms. The van der Waals surface area contributed by atoms with E-state index in [-0.39, 0.29) is 17.9 Å². The van der Waals surface area contributed by atoms with Gasteiger partial charge in [-0.3, -0.25) is 0 Å². The van der Waals surface area contributed by atoms with Gasteiger partial charge >= 0.3 is 16.5 Å². The van der Waals surface area contributed by atoms with Crippen molar-refractivity contribution in [2.75, 3.05) is 18.4 Å². The highest BCUT2D eigenvalue weighted by atomic mass is 32.3. The fourth-order valence-electron chi connectivity index (χ4n) is 3.48. The average Bonchev–Trinajstić information content (AvgIpc) is 2.91. The molecule has 1 heterocycles. The van der Waals surface area contributed by atoms with Crippen LogP contribution in [0, 0.1) is 11.8 Å². The van der Waals surface area contributed by atoms with Gasteiger partial charge in [0, 0.05) is 18.8 Å². The van der Waals surface area contributed by atoms with Crippen molar-refractivity contribution >= 4 is 22.2 Å². The Morgan fingerprint density at radius 2 is 1.88 bits per heavy atom. The number of fused-ring (bicyclic) bond motifs is 1. The zero-order valence-electron chi connectivity index (χ0n) is 12.9. The largest absolute Gasteiger partial charge is 0.488 e. The van der Waals surface area contributed by atoms with Crippen LogP contribution < -0.4 is 9.50 Å². The van der Waals surface area contributed by atoms with Crippen molar-refractivity contribution in [3.8, 4) is 5.75 Å². The van der Waals surface area contributed by atoms with Crippen LogP contribution in [-0.2, 0) is 10.5 Å². The number of aliphatic hydroxyl groups excluding tert-OH is 1. The minimum absolute atomic E-state index is 0.170. The first-order valence-corrected chi connectivity index (χ1v) is 9.09. The Balaban J connectivity index is 1.57. The van der Waals surface area contributed by atoms with E-state index in [1.165, 1.54) is 24.3 Å². The molecule has 9 heteroatoms. The summed E-state index contributed by atoms with van der Waals surface area (Å²) in [7, 11) is -5.06. The van der Waals surface area contributed by atoms with Gasteiger partial charge in [0.25, 0.3) is 0 Å². The first-order valence-electron chi connectivity index (χ1n) is 7.78. The second kappa shape index (κ2) is 6.56. The summed E-state index contributed by atoms with van der Waals surface area (Å²) in [6.45, 7) is 1.29. The average molecular weight is 358 g/mol. The van der Waals surface area contributed by atoms with Gasteiger partial charge in [-0.15, -0.1) is 0 Å². The van der Waals surface area contributed by atoms with Crippen LogP contribution in [0.3, 0.4) is 0 Å². The number of aliphatic hydroxyl groups is 1. The van der Waals surface area contributed by atoms with Crippen LogP contribution in [0.15, 0.2) is 24.3 Å². The van der Waals surface area contributed by atoms with Crippen LogP contribution >= 0.6 is 0 Å². The molecule has 0 radical (unpaired) electrons. The van der Waals surface area contributed by atoms with Gasteiger partial charge < -0.3 is 19.5 Å². The molecule has 24 heavy (non-hydrogen) atoms. The molecule has 1 saturated carbocycles. The molecule has 0 unspecified atom stereocenters. The number of anilines is 1. The molecule has 1 aliphatic heterocycles. The number of benzene rings is 1. The summed E-state index contributed by atoms with van der Waals surface area (Å²) in [4.78, 5) is 14.0. The van der Waals surface area contributed by atoms with Gasteiger partial charge in [0.1, 0.15) is 5.75 Å². The molecule has 0 aromatic heterocycles. The standard InChI is InChI=1S/C15H19FN2O5S/c16-24(21,22)23-14-5-2-12(3-6-14)17-15(20)18-8-10-1-4-13(19)7-11(10)9-18/h2-3,5-6,10-11,13,19H,1,4,7-9H2,(H,17,20)/t10-,11+,13-/m1/s1. The van der Waals surface area contributed by atoms with E-state index >= 15 is 0 Å². The highest BCUT2D eigenvalue weighted by molar-refractivity contribution is 7.81. The number of nitrogens with zero attached hydrogens (tertiary/aromatic N) is 1. The second-order valence-corrected chi connectivity index (χ2v) is 7.28. The molecule has 1 aliphatic carbocycles. The van der Waals surface area contributed by atoms with Crippen LogP contribution in [0.25, 0.3) is 0 Å². The Labute approximate surface area is 139 Å². The fraction of sp³-hybridized carbons (Fsp3) is 0.533. The molecule has 132 valence electrons. The SMILES string of the molecule is O=C(Nc1ccc(OS(=O)(=O)F)cc1)N1C[C@H]2CC[C@@H](O)C[C@H]2C1. The van der Waals surface area contributed by atoms with Crippen LogP contribution in [0.2, 0.25) is 0 Å². The number of urea groups is 1. The van der Waals surface area contributed by atoms with Crippen molar-refractivity contribution in [2.45, 2.75) is 25.4 Å². The summed E-state index contributed by atoms with van der Waals surface area (Å²) in [5.41, 5.74) is 0.457. The van der Waals surface area contributed by atoms with Gasteiger partial charge in [0.15, 0.2) is 0 Å². The molecule has 3 rings (SSSR count). The monoisotopic (exact) mass is 358 g/mol. The molecule has 7 nitrogen and oxygen atoms in total. The molecule has 3 atom stereocenters. The minimum atomic E-state index is -5.06. The van der Waals surface area contributed by atoms with Gasteiger partial charge in [-0.25, -0.2) is 4.79 Å². The van der Waals surface area contributed by atoms with Crippen LogP contribution in [-0.4, -0.2) is 43.6 Å². The number of halogens is 1. The lowest BCUT2D eigenvalue weighted by molar-refractivity contribution is 0.0866. The number of hydrogen-bond acceptors (Lipinski definition) is 5. The number of carbonyl (C=O) groups excluding carboxylic acids is 1. The summed E-state index contributed by atoms with van der Waals surface area (Å²) >= 11 is 0. The first kappa shape index (κ1) is 17.0. The number of carbonyl (C=O) groups is 1. The van der Waals surface area contributed by atoms with E-state index in [0.717, 1.165) is 19.3 Å². The molecular weight excluding hydrogens is 339 g/mol. The van der Waals surface area contributed by atoms with Gasteiger partial charge in [-0.2, -0.15) is 8.42 Å². The Bertz CT molecular complexity index is 709. The number of amides is 2. The molecule has 2 aliphatic rings. The number of hydrogen-bond donors (Lipinski definition) is 2. The van der Waals surface area contributed by atoms with Crippen molar-refractivity contribution in [3.63, 3.8) is 0 Å². The van der Waals surface area contributed by atoms with Crippen molar-refractivity contribution in [2.24, 2.45) is 11.8 Å². The maximum absolute atomic E-state index is 12.4. The number of nitrogens with one attached hydrogen (secondary N) is 1. The molecule has 2 amide bonds.